The molecular weight excluding hydrogens is 234 g/mol. The second kappa shape index (κ2) is 6.83. The molecule has 0 fully saturated rings. The van der Waals surface area contributed by atoms with E-state index in [1.165, 1.54) is 11.1 Å². The van der Waals surface area contributed by atoms with Crippen molar-refractivity contribution in [3.05, 3.63) is 59.7 Å². The van der Waals surface area contributed by atoms with Gasteiger partial charge >= 0.3 is 0 Å². The van der Waals surface area contributed by atoms with Crippen LogP contribution in [0.4, 0.5) is 5.69 Å². The van der Waals surface area contributed by atoms with Crippen LogP contribution in [0.1, 0.15) is 18.1 Å². The number of nitrogens with one attached hydrogen (secondary N) is 1. The molecule has 2 heteroatoms. The molecule has 19 heavy (non-hydrogen) atoms. The first kappa shape index (κ1) is 13.5. The predicted molar refractivity (Wildman–Crippen MR) is 81.0 cm³/mol. The van der Waals surface area contributed by atoms with Gasteiger partial charge in [0.1, 0.15) is 5.75 Å². The molecule has 0 aromatic heterocycles. The van der Waals surface area contributed by atoms with Gasteiger partial charge in [0.15, 0.2) is 0 Å². The van der Waals surface area contributed by atoms with Crippen LogP contribution in [0.3, 0.4) is 0 Å². The first-order valence-electron chi connectivity index (χ1n) is 6.81. The summed E-state index contributed by atoms with van der Waals surface area (Å²) in [5, 5.41) is 3.44. The average molecular weight is 255 g/mol. The molecule has 2 nitrogen and oxygen atoms in total. The van der Waals surface area contributed by atoms with Crippen LogP contribution in [-0.4, -0.2) is 13.2 Å². The molecule has 1 N–H and O–H groups in total. The zero-order chi connectivity index (χ0) is 13.5. The monoisotopic (exact) mass is 255 g/mol. The van der Waals surface area contributed by atoms with E-state index in [1.54, 1.807) is 0 Å². The largest absolute Gasteiger partial charge is 0.494 e. The van der Waals surface area contributed by atoms with Gasteiger partial charge < -0.3 is 10.1 Å². The average Bonchev–Trinajstić information content (AvgIpc) is 2.42. The topological polar surface area (TPSA) is 21.3 Å². The Morgan fingerprint density at radius 1 is 1.05 bits per heavy atom. The number of ether oxygens (including phenoxy) is 1. The number of hydrogen-bond acceptors (Lipinski definition) is 2. The van der Waals surface area contributed by atoms with Crippen LogP contribution in [0.2, 0.25) is 0 Å². The predicted octanol–water partition coefficient (Wildman–Crippen LogP) is 4.05. The summed E-state index contributed by atoms with van der Waals surface area (Å²) >= 11 is 0. The molecule has 0 aliphatic rings. The van der Waals surface area contributed by atoms with Crippen molar-refractivity contribution in [2.75, 3.05) is 18.5 Å². The molecule has 0 bridgehead atoms. The fourth-order valence-corrected chi connectivity index (χ4v) is 2.09. The van der Waals surface area contributed by atoms with E-state index in [4.69, 9.17) is 4.74 Å². The van der Waals surface area contributed by atoms with Crippen LogP contribution in [0.25, 0.3) is 0 Å². The summed E-state index contributed by atoms with van der Waals surface area (Å²) < 4.78 is 5.49. The van der Waals surface area contributed by atoms with Crippen molar-refractivity contribution < 1.29 is 4.74 Å². The molecule has 2 rings (SSSR count). The third kappa shape index (κ3) is 4.02. The molecule has 0 radical (unpaired) electrons. The lowest BCUT2D eigenvalue weighted by Crippen LogP contribution is -2.06. The van der Waals surface area contributed by atoms with Crippen molar-refractivity contribution in [2.45, 2.75) is 20.3 Å². The van der Waals surface area contributed by atoms with Crippen molar-refractivity contribution >= 4 is 5.69 Å². The van der Waals surface area contributed by atoms with Crippen LogP contribution in [0, 0.1) is 6.92 Å². The molecule has 2 aromatic carbocycles. The molecule has 0 aliphatic carbocycles. The first-order chi connectivity index (χ1) is 9.29. The van der Waals surface area contributed by atoms with Crippen molar-refractivity contribution in [2.24, 2.45) is 0 Å². The summed E-state index contributed by atoms with van der Waals surface area (Å²) in [5.74, 6) is 0.920. The molecule has 0 spiro atoms. The maximum atomic E-state index is 5.49. The van der Waals surface area contributed by atoms with Gasteiger partial charge in [0.05, 0.1) is 6.61 Å². The van der Waals surface area contributed by atoms with Gasteiger partial charge in [-0.05, 0) is 43.5 Å². The second-order valence-electron chi connectivity index (χ2n) is 4.56. The highest BCUT2D eigenvalue weighted by atomic mass is 16.5. The third-order valence-corrected chi connectivity index (χ3v) is 3.13. The van der Waals surface area contributed by atoms with Crippen molar-refractivity contribution in [1.82, 2.24) is 0 Å². The number of hydrogen-bond donors (Lipinski definition) is 1. The number of aryl methyl sites for hydroxylation is 1. The summed E-state index contributed by atoms with van der Waals surface area (Å²) in [6.45, 7) is 5.79. The maximum absolute atomic E-state index is 5.49. The summed E-state index contributed by atoms with van der Waals surface area (Å²) in [5.41, 5.74) is 3.86. The van der Waals surface area contributed by atoms with Crippen molar-refractivity contribution in [3.8, 4) is 5.75 Å². The Morgan fingerprint density at radius 2 is 1.89 bits per heavy atom. The number of rotatable bonds is 6. The maximum Gasteiger partial charge on any atom is 0.121 e. The highest BCUT2D eigenvalue weighted by Crippen LogP contribution is 2.17. The van der Waals surface area contributed by atoms with Gasteiger partial charge in [-0.15, -0.1) is 0 Å². The highest BCUT2D eigenvalue weighted by molar-refractivity contribution is 5.48. The minimum atomic E-state index is 0.701. The van der Waals surface area contributed by atoms with E-state index in [0.717, 1.165) is 24.4 Å². The number of anilines is 1. The Labute approximate surface area is 115 Å². The van der Waals surface area contributed by atoms with Crippen LogP contribution in [-0.2, 0) is 6.42 Å². The van der Waals surface area contributed by atoms with Gasteiger partial charge in [-0.3, -0.25) is 0 Å². The van der Waals surface area contributed by atoms with Crippen LogP contribution in [0.15, 0.2) is 48.5 Å². The van der Waals surface area contributed by atoms with E-state index < -0.39 is 0 Å². The van der Waals surface area contributed by atoms with E-state index in [2.05, 4.69) is 42.6 Å². The molecule has 0 saturated heterocycles. The molecule has 0 aliphatic heterocycles. The van der Waals surface area contributed by atoms with Gasteiger partial charge in [0.2, 0.25) is 0 Å². The molecule has 100 valence electrons. The van der Waals surface area contributed by atoms with Gasteiger partial charge in [0, 0.05) is 18.3 Å². The zero-order valence-electron chi connectivity index (χ0n) is 11.6. The lowest BCUT2D eigenvalue weighted by atomic mass is 10.1. The SMILES string of the molecule is CCOc1cccc(NCCc2ccccc2C)c1. The normalized spacial score (nSPS) is 10.2. The van der Waals surface area contributed by atoms with Crippen LogP contribution < -0.4 is 10.1 Å². The van der Waals surface area contributed by atoms with Gasteiger partial charge in [-0.25, -0.2) is 0 Å². The van der Waals surface area contributed by atoms with E-state index >= 15 is 0 Å². The summed E-state index contributed by atoms with van der Waals surface area (Å²) in [6.07, 6.45) is 1.03. The Kier molecular flexibility index (Phi) is 4.85. The second-order valence-corrected chi connectivity index (χ2v) is 4.56. The molecule has 0 atom stereocenters. The Morgan fingerprint density at radius 3 is 2.68 bits per heavy atom. The smallest absolute Gasteiger partial charge is 0.121 e. The lowest BCUT2D eigenvalue weighted by Gasteiger charge is -2.10. The molecule has 0 heterocycles. The fraction of sp³-hybridized carbons (Fsp3) is 0.294. The van der Waals surface area contributed by atoms with Crippen LogP contribution >= 0.6 is 0 Å². The quantitative estimate of drug-likeness (QED) is 0.841. The lowest BCUT2D eigenvalue weighted by molar-refractivity contribution is 0.340. The molecule has 0 amide bonds. The van der Waals surface area contributed by atoms with Crippen molar-refractivity contribution in [1.29, 1.82) is 0 Å². The van der Waals surface area contributed by atoms with E-state index in [9.17, 15) is 0 Å². The van der Waals surface area contributed by atoms with E-state index in [1.807, 2.05) is 25.1 Å². The van der Waals surface area contributed by atoms with Gasteiger partial charge in [-0.2, -0.15) is 0 Å². The molecule has 0 unspecified atom stereocenters. The highest BCUT2D eigenvalue weighted by Gasteiger charge is 1.98. The molecular formula is C17H21NO. The minimum Gasteiger partial charge on any atom is -0.494 e. The fourth-order valence-electron chi connectivity index (χ4n) is 2.09. The summed E-state index contributed by atoms with van der Waals surface area (Å²) in [7, 11) is 0. The van der Waals surface area contributed by atoms with Gasteiger partial charge in [-0.1, -0.05) is 30.3 Å². The minimum absolute atomic E-state index is 0.701. The molecule has 2 aromatic rings. The van der Waals surface area contributed by atoms with E-state index in [0.29, 0.717) is 6.61 Å². The zero-order valence-corrected chi connectivity index (χ0v) is 11.6. The van der Waals surface area contributed by atoms with Crippen molar-refractivity contribution in [3.63, 3.8) is 0 Å². The standard InChI is InChI=1S/C17H21NO/c1-3-19-17-10-6-9-16(13-17)18-12-11-15-8-5-4-7-14(15)2/h4-10,13,18H,3,11-12H2,1-2H3. The van der Waals surface area contributed by atoms with Gasteiger partial charge in [0.25, 0.3) is 0 Å². The first-order valence-corrected chi connectivity index (χ1v) is 6.81. The Balaban J connectivity index is 1.89. The Hall–Kier alpha value is -1.96. The number of benzene rings is 2. The molecule has 0 saturated carbocycles. The van der Waals surface area contributed by atoms with E-state index in [-0.39, 0.29) is 0 Å². The van der Waals surface area contributed by atoms with Crippen LogP contribution in [0.5, 0.6) is 5.75 Å². The third-order valence-electron chi connectivity index (χ3n) is 3.13. The summed E-state index contributed by atoms with van der Waals surface area (Å²) in [6, 6.07) is 16.6. The summed E-state index contributed by atoms with van der Waals surface area (Å²) in [4.78, 5) is 0. The Bertz CT molecular complexity index is 522.